The molecule has 2 aromatic rings. The predicted molar refractivity (Wildman–Crippen MR) is 78.0 cm³/mol. The van der Waals surface area contributed by atoms with Gasteiger partial charge in [-0.1, -0.05) is 30.3 Å². The van der Waals surface area contributed by atoms with Crippen LogP contribution in [0.2, 0.25) is 0 Å². The minimum atomic E-state index is -0.419. The van der Waals surface area contributed by atoms with Crippen LogP contribution in [0.4, 0.5) is 0 Å². The lowest BCUT2D eigenvalue weighted by molar-refractivity contribution is 0.0453. The summed E-state index contributed by atoms with van der Waals surface area (Å²) in [5.74, 6) is 0.808. The first-order valence-corrected chi connectivity index (χ1v) is 6.68. The van der Waals surface area contributed by atoms with E-state index in [2.05, 4.69) is 0 Å². The van der Waals surface area contributed by atoms with Crippen LogP contribution < -0.4 is 9.47 Å². The highest BCUT2D eigenvalue weighted by molar-refractivity contribution is 5.98. The summed E-state index contributed by atoms with van der Waals surface area (Å²) in [6, 6.07) is 11.4. The number of carbonyl (C=O) groups is 1. The average Bonchev–Trinajstić information content (AvgIpc) is 2.87. The van der Waals surface area contributed by atoms with Crippen LogP contribution in [0, 0.1) is 6.92 Å². The van der Waals surface area contributed by atoms with Gasteiger partial charge in [-0.3, -0.25) is 0 Å². The van der Waals surface area contributed by atoms with Crippen LogP contribution in [0.25, 0.3) is 0 Å². The second-order valence-electron chi connectivity index (χ2n) is 4.89. The van der Waals surface area contributed by atoms with E-state index < -0.39 is 6.10 Å². The zero-order chi connectivity index (χ0) is 15.0. The number of ether oxygens (including phenoxy) is 3. The Kier molecular flexibility index (Phi) is 3.29. The molecule has 3 rings (SSSR count). The van der Waals surface area contributed by atoms with Crippen molar-refractivity contribution in [2.75, 3.05) is 14.2 Å². The smallest absolute Gasteiger partial charge is 0.343 e. The first kappa shape index (κ1) is 13.5. The number of rotatable bonds is 3. The molecular formula is C17H16O4. The number of esters is 1. The molecule has 0 saturated carbocycles. The van der Waals surface area contributed by atoms with Crippen molar-refractivity contribution in [1.82, 2.24) is 0 Å². The van der Waals surface area contributed by atoms with Crippen molar-refractivity contribution < 1.29 is 19.0 Å². The highest BCUT2D eigenvalue weighted by Gasteiger charge is 2.37. The number of fused-ring (bicyclic) bond motifs is 1. The highest BCUT2D eigenvalue weighted by Crippen LogP contribution is 2.45. The summed E-state index contributed by atoms with van der Waals surface area (Å²) in [5.41, 5.74) is 3.14. The molecule has 0 saturated heterocycles. The molecule has 1 atom stereocenters. The Morgan fingerprint density at radius 3 is 2.33 bits per heavy atom. The fourth-order valence-electron chi connectivity index (χ4n) is 2.75. The maximum absolute atomic E-state index is 12.2. The number of methoxy groups -OCH3 is 2. The summed E-state index contributed by atoms with van der Waals surface area (Å²) in [6.45, 7) is 1.93. The quantitative estimate of drug-likeness (QED) is 0.811. The van der Waals surface area contributed by atoms with E-state index in [1.807, 2.05) is 37.3 Å². The van der Waals surface area contributed by atoms with Crippen LogP contribution in [0.1, 0.15) is 33.2 Å². The number of hydrogen-bond donors (Lipinski definition) is 0. The molecule has 0 spiro atoms. The Hall–Kier alpha value is -2.49. The molecule has 0 bridgehead atoms. The minimum absolute atomic E-state index is 0.360. The maximum atomic E-state index is 12.2. The zero-order valence-corrected chi connectivity index (χ0v) is 12.2. The van der Waals surface area contributed by atoms with Crippen molar-refractivity contribution in [2.24, 2.45) is 0 Å². The van der Waals surface area contributed by atoms with Crippen molar-refractivity contribution in [2.45, 2.75) is 13.0 Å². The molecular weight excluding hydrogens is 268 g/mol. The molecule has 2 aromatic carbocycles. The molecule has 4 heteroatoms. The van der Waals surface area contributed by atoms with Crippen molar-refractivity contribution in [1.29, 1.82) is 0 Å². The van der Waals surface area contributed by atoms with Gasteiger partial charge < -0.3 is 14.2 Å². The molecule has 0 radical (unpaired) electrons. The lowest BCUT2D eigenvalue weighted by Crippen LogP contribution is -2.03. The van der Waals surface area contributed by atoms with E-state index in [0.717, 1.165) is 16.7 Å². The summed E-state index contributed by atoms with van der Waals surface area (Å²) in [5, 5.41) is 0. The van der Waals surface area contributed by atoms with E-state index in [4.69, 9.17) is 14.2 Å². The Morgan fingerprint density at radius 2 is 1.71 bits per heavy atom. The Morgan fingerprint density at radius 1 is 1.05 bits per heavy atom. The molecule has 1 aliphatic heterocycles. The van der Waals surface area contributed by atoms with Gasteiger partial charge in [0.25, 0.3) is 0 Å². The summed E-state index contributed by atoms with van der Waals surface area (Å²) >= 11 is 0. The van der Waals surface area contributed by atoms with Crippen molar-refractivity contribution in [3.05, 3.63) is 58.7 Å². The van der Waals surface area contributed by atoms with E-state index in [9.17, 15) is 4.79 Å². The van der Waals surface area contributed by atoms with Crippen LogP contribution >= 0.6 is 0 Å². The molecule has 0 aliphatic carbocycles. The Labute approximate surface area is 123 Å². The van der Waals surface area contributed by atoms with Crippen molar-refractivity contribution in [3.8, 4) is 11.5 Å². The predicted octanol–water partition coefficient (Wildman–Crippen LogP) is 3.27. The SMILES string of the molecule is COc1cc(OC)c2c(c1C)C(c1ccccc1)OC2=O. The summed E-state index contributed by atoms with van der Waals surface area (Å²) in [4.78, 5) is 12.2. The van der Waals surface area contributed by atoms with Gasteiger partial charge in [0.05, 0.1) is 14.2 Å². The second-order valence-corrected chi connectivity index (χ2v) is 4.89. The monoisotopic (exact) mass is 284 g/mol. The standard InChI is InChI=1S/C17H16O4/c1-10-12(19-2)9-13(20-3)15-14(10)16(21-17(15)18)11-7-5-4-6-8-11/h4-9,16H,1-3H3. The van der Waals surface area contributed by atoms with Gasteiger partial charge in [0, 0.05) is 11.6 Å². The molecule has 1 aliphatic rings. The van der Waals surface area contributed by atoms with Crippen LogP contribution in [0.15, 0.2) is 36.4 Å². The largest absolute Gasteiger partial charge is 0.496 e. The van der Waals surface area contributed by atoms with E-state index in [-0.39, 0.29) is 5.97 Å². The molecule has 108 valence electrons. The van der Waals surface area contributed by atoms with Crippen LogP contribution in [-0.4, -0.2) is 20.2 Å². The third kappa shape index (κ3) is 2.03. The van der Waals surface area contributed by atoms with Crippen molar-refractivity contribution >= 4 is 5.97 Å². The topological polar surface area (TPSA) is 44.8 Å². The summed E-state index contributed by atoms with van der Waals surface area (Å²) < 4.78 is 16.3. The first-order valence-electron chi connectivity index (χ1n) is 6.68. The van der Waals surface area contributed by atoms with Gasteiger partial charge in [0.1, 0.15) is 17.1 Å². The number of hydrogen-bond acceptors (Lipinski definition) is 4. The van der Waals surface area contributed by atoms with E-state index in [1.165, 1.54) is 7.11 Å². The fourth-order valence-corrected chi connectivity index (χ4v) is 2.75. The van der Waals surface area contributed by atoms with Crippen molar-refractivity contribution in [3.63, 3.8) is 0 Å². The van der Waals surface area contributed by atoms with Gasteiger partial charge in [0.15, 0.2) is 6.10 Å². The van der Waals surface area contributed by atoms with Gasteiger partial charge in [0.2, 0.25) is 0 Å². The van der Waals surface area contributed by atoms with Gasteiger partial charge in [-0.05, 0) is 18.1 Å². The summed E-state index contributed by atoms with van der Waals surface area (Å²) in [6.07, 6.45) is -0.419. The molecule has 4 nitrogen and oxygen atoms in total. The molecule has 1 unspecified atom stereocenters. The third-order valence-corrected chi connectivity index (χ3v) is 3.78. The van der Waals surface area contributed by atoms with E-state index in [0.29, 0.717) is 17.1 Å². The Balaban J connectivity index is 2.24. The van der Waals surface area contributed by atoms with Gasteiger partial charge >= 0.3 is 5.97 Å². The molecule has 0 N–H and O–H groups in total. The molecule has 21 heavy (non-hydrogen) atoms. The number of carbonyl (C=O) groups excluding carboxylic acids is 1. The van der Waals surface area contributed by atoms with Gasteiger partial charge in [-0.25, -0.2) is 4.79 Å². The molecule has 0 fully saturated rings. The lowest BCUT2D eigenvalue weighted by atomic mass is 9.93. The van der Waals surface area contributed by atoms with E-state index >= 15 is 0 Å². The van der Waals surface area contributed by atoms with Gasteiger partial charge in [-0.15, -0.1) is 0 Å². The lowest BCUT2D eigenvalue weighted by Gasteiger charge is -2.16. The first-order chi connectivity index (χ1) is 10.2. The normalized spacial score (nSPS) is 16.3. The van der Waals surface area contributed by atoms with Crippen LogP contribution in [0.5, 0.6) is 11.5 Å². The Bertz CT molecular complexity index is 692. The third-order valence-electron chi connectivity index (χ3n) is 3.78. The van der Waals surface area contributed by atoms with E-state index in [1.54, 1.807) is 13.2 Å². The van der Waals surface area contributed by atoms with Crippen LogP contribution in [-0.2, 0) is 4.74 Å². The average molecular weight is 284 g/mol. The molecule has 1 heterocycles. The van der Waals surface area contributed by atoms with Gasteiger partial charge in [-0.2, -0.15) is 0 Å². The molecule has 0 aromatic heterocycles. The highest BCUT2D eigenvalue weighted by atomic mass is 16.6. The van der Waals surface area contributed by atoms with Crippen LogP contribution in [0.3, 0.4) is 0 Å². The molecule has 0 amide bonds. The zero-order valence-electron chi connectivity index (χ0n) is 12.2. The fraction of sp³-hybridized carbons (Fsp3) is 0.235. The summed E-state index contributed by atoms with van der Waals surface area (Å²) in [7, 11) is 3.14. The second kappa shape index (κ2) is 5.13. The maximum Gasteiger partial charge on any atom is 0.343 e. The minimum Gasteiger partial charge on any atom is -0.496 e. The number of benzene rings is 2. The number of cyclic esters (lactones) is 1.